The van der Waals surface area contributed by atoms with Crippen molar-refractivity contribution in [3.05, 3.63) is 35.9 Å². The van der Waals surface area contributed by atoms with Gasteiger partial charge in [0.05, 0.1) is 6.54 Å². The number of piperidine rings is 1. The molecule has 0 spiro atoms. The van der Waals surface area contributed by atoms with Gasteiger partial charge in [-0.15, -0.1) is 0 Å². The average molecular weight is 332 g/mol. The van der Waals surface area contributed by atoms with Crippen molar-refractivity contribution in [1.82, 2.24) is 15.5 Å². The molecule has 0 radical (unpaired) electrons. The molecule has 1 aromatic carbocycles. The number of hydrogen-bond acceptors (Lipinski definition) is 3. The second-order valence-electron chi connectivity index (χ2n) is 6.56. The van der Waals surface area contributed by atoms with Crippen molar-refractivity contribution in [2.24, 2.45) is 5.73 Å². The van der Waals surface area contributed by atoms with Gasteiger partial charge in [-0.1, -0.05) is 30.3 Å². The summed E-state index contributed by atoms with van der Waals surface area (Å²) in [5, 5.41) is 6.03. The number of nitrogens with two attached hydrogens (primary N) is 1. The van der Waals surface area contributed by atoms with Crippen molar-refractivity contribution in [3.63, 3.8) is 0 Å². The molecule has 1 unspecified atom stereocenters. The summed E-state index contributed by atoms with van der Waals surface area (Å²) >= 11 is 0. The first kappa shape index (κ1) is 18.3. The normalized spacial score (nSPS) is 17.2. The second-order valence-corrected chi connectivity index (χ2v) is 6.56. The first-order valence-corrected chi connectivity index (χ1v) is 8.64. The quantitative estimate of drug-likeness (QED) is 0.702. The van der Waals surface area contributed by atoms with Crippen LogP contribution in [0.5, 0.6) is 0 Å². The van der Waals surface area contributed by atoms with Crippen LogP contribution < -0.4 is 16.4 Å². The van der Waals surface area contributed by atoms with Crippen molar-refractivity contribution < 1.29 is 9.59 Å². The van der Waals surface area contributed by atoms with Crippen molar-refractivity contribution in [2.45, 2.75) is 44.7 Å². The Morgan fingerprint density at radius 1 is 1.25 bits per heavy atom. The Bertz CT molecular complexity index is 527. The molecule has 1 saturated heterocycles. The maximum absolute atomic E-state index is 12.1. The fraction of sp³-hybridized carbons (Fsp3) is 0.556. The zero-order chi connectivity index (χ0) is 17.4. The highest BCUT2D eigenvalue weighted by molar-refractivity contribution is 5.76. The van der Waals surface area contributed by atoms with Gasteiger partial charge < -0.3 is 16.4 Å². The summed E-state index contributed by atoms with van der Waals surface area (Å²) in [5.41, 5.74) is 6.49. The van der Waals surface area contributed by atoms with Gasteiger partial charge in [0.1, 0.15) is 0 Å². The van der Waals surface area contributed by atoms with E-state index in [1.807, 2.05) is 30.0 Å². The molecule has 24 heavy (non-hydrogen) atoms. The summed E-state index contributed by atoms with van der Waals surface area (Å²) in [6.07, 6.45) is 3.56. The number of primary amides is 1. The minimum absolute atomic E-state index is 0.107. The van der Waals surface area contributed by atoms with E-state index in [1.54, 1.807) is 0 Å². The van der Waals surface area contributed by atoms with Crippen LogP contribution in [0.25, 0.3) is 0 Å². The molecule has 1 fully saturated rings. The van der Waals surface area contributed by atoms with Crippen molar-refractivity contribution >= 4 is 11.9 Å². The van der Waals surface area contributed by atoms with E-state index in [1.165, 1.54) is 5.56 Å². The van der Waals surface area contributed by atoms with Crippen LogP contribution in [0.4, 0.5) is 4.79 Å². The lowest BCUT2D eigenvalue weighted by molar-refractivity contribution is -0.119. The first-order valence-electron chi connectivity index (χ1n) is 8.64. The Balaban J connectivity index is 1.63. The maximum atomic E-state index is 12.1. The summed E-state index contributed by atoms with van der Waals surface area (Å²) in [5.74, 6) is -0.300. The number of benzene rings is 1. The monoisotopic (exact) mass is 332 g/mol. The van der Waals surface area contributed by atoms with Gasteiger partial charge in [-0.3, -0.25) is 9.69 Å². The fourth-order valence-electron chi connectivity index (χ4n) is 3.01. The van der Waals surface area contributed by atoms with Gasteiger partial charge in [0, 0.05) is 25.2 Å². The summed E-state index contributed by atoms with van der Waals surface area (Å²) in [4.78, 5) is 25.0. The Morgan fingerprint density at radius 3 is 2.54 bits per heavy atom. The molecule has 0 aliphatic carbocycles. The van der Waals surface area contributed by atoms with E-state index in [2.05, 4.69) is 22.8 Å². The highest BCUT2D eigenvalue weighted by Gasteiger charge is 2.21. The van der Waals surface area contributed by atoms with Gasteiger partial charge >= 0.3 is 6.03 Å². The van der Waals surface area contributed by atoms with Gasteiger partial charge in [-0.25, -0.2) is 4.79 Å². The molecule has 1 atom stereocenters. The molecule has 132 valence electrons. The number of carbonyl (C=O) groups is 2. The van der Waals surface area contributed by atoms with E-state index in [0.29, 0.717) is 6.54 Å². The number of nitrogens with zero attached hydrogens (tertiary/aromatic N) is 1. The lowest BCUT2D eigenvalue weighted by Gasteiger charge is -2.31. The highest BCUT2D eigenvalue weighted by atomic mass is 16.2. The third-order valence-corrected chi connectivity index (χ3v) is 4.39. The number of carbonyl (C=O) groups excluding carboxylic acids is 2. The predicted molar refractivity (Wildman–Crippen MR) is 94.5 cm³/mol. The molecule has 3 amide bonds. The van der Waals surface area contributed by atoms with E-state index in [9.17, 15) is 9.59 Å². The van der Waals surface area contributed by atoms with E-state index < -0.39 is 0 Å². The number of urea groups is 1. The largest absolute Gasteiger partial charge is 0.369 e. The van der Waals surface area contributed by atoms with Crippen LogP contribution in [0.1, 0.15) is 31.7 Å². The van der Waals surface area contributed by atoms with Gasteiger partial charge in [0.15, 0.2) is 0 Å². The minimum atomic E-state index is -0.300. The van der Waals surface area contributed by atoms with Crippen molar-refractivity contribution in [1.29, 1.82) is 0 Å². The van der Waals surface area contributed by atoms with E-state index >= 15 is 0 Å². The van der Waals surface area contributed by atoms with Crippen LogP contribution in [0.15, 0.2) is 30.3 Å². The highest BCUT2D eigenvalue weighted by Crippen LogP contribution is 2.10. The van der Waals surface area contributed by atoms with Crippen LogP contribution in [0.3, 0.4) is 0 Å². The molecule has 6 heteroatoms. The topological polar surface area (TPSA) is 87.5 Å². The summed E-state index contributed by atoms with van der Waals surface area (Å²) < 4.78 is 0. The lowest BCUT2D eigenvalue weighted by atomic mass is 10.0. The molecule has 2 rings (SSSR count). The fourth-order valence-corrected chi connectivity index (χ4v) is 3.01. The van der Waals surface area contributed by atoms with Crippen molar-refractivity contribution in [2.75, 3.05) is 19.6 Å². The third kappa shape index (κ3) is 6.58. The molecule has 0 aromatic heterocycles. The zero-order valence-corrected chi connectivity index (χ0v) is 14.3. The van der Waals surface area contributed by atoms with Crippen LogP contribution in [-0.4, -0.2) is 48.6 Å². The molecular weight excluding hydrogens is 304 g/mol. The molecular formula is C18H28N4O2. The molecule has 1 heterocycles. The van der Waals surface area contributed by atoms with Gasteiger partial charge in [0.25, 0.3) is 0 Å². The van der Waals surface area contributed by atoms with E-state index in [4.69, 9.17) is 5.73 Å². The maximum Gasteiger partial charge on any atom is 0.315 e. The minimum Gasteiger partial charge on any atom is -0.369 e. The van der Waals surface area contributed by atoms with Gasteiger partial charge in [0.2, 0.25) is 5.91 Å². The van der Waals surface area contributed by atoms with E-state index in [0.717, 1.165) is 38.8 Å². The Morgan fingerprint density at radius 2 is 1.92 bits per heavy atom. The third-order valence-electron chi connectivity index (χ3n) is 4.39. The molecule has 1 aliphatic rings. The molecule has 0 saturated carbocycles. The molecule has 0 bridgehead atoms. The average Bonchev–Trinajstić information content (AvgIpc) is 2.55. The molecule has 4 N–H and O–H groups in total. The van der Waals surface area contributed by atoms with Crippen LogP contribution in [0.2, 0.25) is 0 Å². The Hall–Kier alpha value is -2.08. The summed E-state index contributed by atoms with van der Waals surface area (Å²) in [6.45, 7) is 3.91. The SMILES string of the molecule is CC(CCc1ccccc1)NC(=O)NC1CCN(CC(N)=O)CC1. The number of aryl methyl sites for hydroxylation is 1. The lowest BCUT2D eigenvalue weighted by Crippen LogP contribution is -2.50. The first-order chi connectivity index (χ1) is 11.5. The van der Waals surface area contributed by atoms with Crippen LogP contribution in [-0.2, 0) is 11.2 Å². The van der Waals surface area contributed by atoms with Crippen molar-refractivity contribution in [3.8, 4) is 0 Å². The molecule has 6 nitrogen and oxygen atoms in total. The standard InChI is InChI=1S/C18H28N4O2/c1-14(7-8-15-5-3-2-4-6-15)20-18(24)21-16-9-11-22(12-10-16)13-17(19)23/h2-6,14,16H,7-13H2,1H3,(H2,19,23)(H2,20,21,24). The van der Waals surface area contributed by atoms with Gasteiger partial charge in [-0.05, 0) is 38.2 Å². The Labute approximate surface area is 143 Å². The summed E-state index contributed by atoms with van der Waals surface area (Å²) in [6, 6.07) is 10.5. The molecule has 1 aromatic rings. The molecule has 1 aliphatic heterocycles. The van der Waals surface area contributed by atoms with Crippen LogP contribution in [0, 0.1) is 0 Å². The smallest absolute Gasteiger partial charge is 0.315 e. The number of amides is 3. The van der Waals surface area contributed by atoms with E-state index in [-0.39, 0.29) is 24.0 Å². The number of nitrogens with one attached hydrogen (secondary N) is 2. The number of rotatable bonds is 7. The summed E-state index contributed by atoms with van der Waals surface area (Å²) in [7, 11) is 0. The zero-order valence-electron chi connectivity index (χ0n) is 14.3. The predicted octanol–water partition coefficient (Wildman–Crippen LogP) is 1.26. The van der Waals surface area contributed by atoms with Crippen LogP contribution >= 0.6 is 0 Å². The number of hydrogen-bond donors (Lipinski definition) is 3. The number of likely N-dealkylation sites (tertiary alicyclic amines) is 1. The van der Waals surface area contributed by atoms with Gasteiger partial charge in [-0.2, -0.15) is 0 Å². The second kappa shape index (κ2) is 9.27. The Kier molecular flexibility index (Phi) is 7.06.